The first kappa shape index (κ1) is 22.6. The lowest BCUT2D eigenvalue weighted by Crippen LogP contribution is -2.33. The summed E-state index contributed by atoms with van der Waals surface area (Å²) in [4.78, 5) is 16.2. The van der Waals surface area contributed by atoms with Gasteiger partial charge < -0.3 is 15.4 Å². The molecule has 1 heterocycles. The molecular formula is C17H25Cl2N3O2. The zero-order chi connectivity index (χ0) is 15.6. The molecule has 0 spiro atoms. The topological polar surface area (TPSA) is 63.2 Å². The number of pyridine rings is 1. The van der Waals surface area contributed by atoms with Crippen molar-refractivity contribution in [1.82, 2.24) is 15.6 Å². The van der Waals surface area contributed by atoms with Gasteiger partial charge in [0.05, 0.1) is 12.1 Å². The van der Waals surface area contributed by atoms with Crippen LogP contribution in [0.25, 0.3) is 10.9 Å². The lowest BCUT2D eigenvalue weighted by Gasteiger charge is -2.08. The van der Waals surface area contributed by atoms with Gasteiger partial charge in [-0.2, -0.15) is 0 Å². The van der Waals surface area contributed by atoms with Crippen LogP contribution in [0.2, 0.25) is 0 Å². The van der Waals surface area contributed by atoms with Crippen LogP contribution < -0.4 is 10.6 Å². The molecule has 0 saturated carbocycles. The number of halogens is 2. The molecule has 134 valence electrons. The van der Waals surface area contributed by atoms with E-state index in [2.05, 4.69) is 21.7 Å². The number of aryl methyl sites for hydroxylation is 1. The molecule has 0 bridgehead atoms. The number of carbonyl (C=O) groups excluding carboxylic acids is 1. The number of nitrogens with zero attached hydrogens (tertiary/aromatic N) is 1. The average molecular weight is 374 g/mol. The highest BCUT2D eigenvalue weighted by molar-refractivity contribution is 5.85. The molecule has 0 atom stereocenters. The zero-order valence-electron chi connectivity index (χ0n) is 13.8. The number of carbonyl (C=O) groups is 1. The van der Waals surface area contributed by atoms with Gasteiger partial charge >= 0.3 is 0 Å². The fourth-order valence-electron chi connectivity index (χ4n) is 2.30. The standard InChI is InChI=1S/C17H23N3O2.2ClH/c1-22-13-12-18-10-11-20-17(21)7-6-14-8-9-19-16-5-3-2-4-15(14)16;;/h2-5,8-9,18H,6-7,10-13H2,1H3,(H,20,21);2*1H. The van der Waals surface area contributed by atoms with Gasteiger partial charge in [0, 0.05) is 44.7 Å². The molecule has 2 N–H and O–H groups in total. The monoisotopic (exact) mass is 373 g/mol. The molecule has 2 rings (SSSR count). The fourth-order valence-corrected chi connectivity index (χ4v) is 2.30. The SMILES string of the molecule is COCCNCCNC(=O)CCc1ccnc2ccccc12.Cl.Cl. The second-order valence-electron chi connectivity index (χ2n) is 5.08. The van der Waals surface area contributed by atoms with E-state index in [0.717, 1.165) is 30.4 Å². The van der Waals surface area contributed by atoms with Crippen molar-refractivity contribution in [2.45, 2.75) is 12.8 Å². The Balaban J connectivity index is 0.00000264. The highest BCUT2D eigenvalue weighted by Crippen LogP contribution is 2.17. The average Bonchev–Trinajstić information content (AvgIpc) is 2.56. The van der Waals surface area contributed by atoms with Gasteiger partial charge in [-0.3, -0.25) is 9.78 Å². The summed E-state index contributed by atoms with van der Waals surface area (Å²) in [6, 6.07) is 10.0. The predicted molar refractivity (Wildman–Crippen MR) is 102 cm³/mol. The smallest absolute Gasteiger partial charge is 0.220 e. The number of methoxy groups -OCH3 is 1. The number of para-hydroxylation sites is 1. The minimum atomic E-state index is 0. The van der Waals surface area contributed by atoms with E-state index in [1.165, 1.54) is 5.56 Å². The summed E-state index contributed by atoms with van der Waals surface area (Å²) in [5, 5.41) is 7.24. The number of aromatic nitrogens is 1. The number of fused-ring (bicyclic) bond motifs is 1. The number of nitrogens with one attached hydrogen (secondary N) is 2. The number of amides is 1. The number of hydrogen-bond acceptors (Lipinski definition) is 4. The van der Waals surface area contributed by atoms with E-state index in [1.54, 1.807) is 13.3 Å². The molecule has 0 unspecified atom stereocenters. The van der Waals surface area contributed by atoms with Crippen molar-refractivity contribution in [2.75, 3.05) is 33.4 Å². The van der Waals surface area contributed by atoms with Crippen LogP contribution in [0.4, 0.5) is 0 Å². The Morgan fingerprint density at radius 1 is 1.12 bits per heavy atom. The largest absolute Gasteiger partial charge is 0.383 e. The van der Waals surface area contributed by atoms with E-state index in [0.29, 0.717) is 19.6 Å². The van der Waals surface area contributed by atoms with Crippen molar-refractivity contribution >= 4 is 41.6 Å². The molecule has 1 aromatic heterocycles. The number of hydrogen-bond donors (Lipinski definition) is 2. The minimum absolute atomic E-state index is 0. The van der Waals surface area contributed by atoms with Crippen LogP contribution in [0.3, 0.4) is 0 Å². The van der Waals surface area contributed by atoms with Crippen LogP contribution in [0.1, 0.15) is 12.0 Å². The van der Waals surface area contributed by atoms with Gasteiger partial charge in [0.25, 0.3) is 0 Å². The van der Waals surface area contributed by atoms with Gasteiger partial charge in [-0.15, -0.1) is 24.8 Å². The van der Waals surface area contributed by atoms with E-state index in [1.807, 2.05) is 24.3 Å². The van der Waals surface area contributed by atoms with Gasteiger partial charge in [0.2, 0.25) is 5.91 Å². The second kappa shape index (κ2) is 13.0. The van der Waals surface area contributed by atoms with Gasteiger partial charge in [0.15, 0.2) is 0 Å². The summed E-state index contributed by atoms with van der Waals surface area (Å²) in [7, 11) is 1.67. The van der Waals surface area contributed by atoms with E-state index in [9.17, 15) is 4.79 Å². The van der Waals surface area contributed by atoms with Gasteiger partial charge in [-0.1, -0.05) is 18.2 Å². The van der Waals surface area contributed by atoms with E-state index in [-0.39, 0.29) is 30.7 Å². The van der Waals surface area contributed by atoms with Crippen LogP contribution in [0, 0.1) is 0 Å². The van der Waals surface area contributed by atoms with E-state index >= 15 is 0 Å². The maximum Gasteiger partial charge on any atom is 0.220 e. The molecule has 1 amide bonds. The number of rotatable bonds is 9. The Bertz CT molecular complexity index is 606. The zero-order valence-corrected chi connectivity index (χ0v) is 15.4. The summed E-state index contributed by atoms with van der Waals surface area (Å²) >= 11 is 0. The third kappa shape index (κ3) is 7.45. The van der Waals surface area contributed by atoms with Crippen LogP contribution in [0.15, 0.2) is 36.5 Å². The molecule has 0 radical (unpaired) electrons. The summed E-state index contributed by atoms with van der Waals surface area (Å²) < 4.78 is 4.94. The van der Waals surface area contributed by atoms with Gasteiger partial charge in [-0.05, 0) is 24.1 Å². The molecule has 1 aromatic carbocycles. The second-order valence-corrected chi connectivity index (χ2v) is 5.08. The van der Waals surface area contributed by atoms with Crippen molar-refractivity contribution in [2.24, 2.45) is 0 Å². The van der Waals surface area contributed by atoms with Crippen molar-refractivity contribution in [3.05, 3.63) is 42.1 Å². The van der Waals surface area contributed by atoms with Crippen LogP contribution in [-0.4, -0.2) is 44.2 Å². The molecule has 0 aliphatic heterocycles. The van der Waals surface area contributed by atoms with Crippen LogP contribution in [0.5, 0.6) is 0 Å². The number of ether oxygens (including phenoxy) is 1. The molecule has 2 aromatic rings. The minimum Gasteiger partial charge on any atom is -0.383 e. The summed E-state index contributed by atoms with van der Waals surface area (Å²) in [6.45, 7) is 2.88. The first-order valence-electron chi connectivity index (χ1n) is 7.60. The maximum absolute atomic E-state index is 11.9. The Labute approximate surface area is 155 Å². The Kier molecular flexibility index (Phi) is 12.2. The molecule has 5 nitrogen and oxygen atoms in total. The third-order valence-electron chi connectivity index (χ3n) is 3.47. The molecular weight excluding hydrogens is 349 g/mol. The molecule has 7 heteroatoms. The third-order valence-corrected chi connectivity index (χ3v) is 3.47. The summed E-state index contributed by atoms with van der Waals surface area (Å²) in [5.74, 6) is 0.0782. The highest BCUT2D eigenvalue weighted by atomic mass is 35.5. The van der Waals surface area contributed by atoms with Crippen molar-refractivity contribution in [3.8, 4) is 0 Å². The van der Waals surface area contributed by atoms with Crippen LogP contribution in [-0.2, 0) is 16.0 Å². The maximum atomic E-state index is 11.9. The molecule has 24 heavy (non-hydrogen) atoms. The first-order valence-corrected chi connectivity index (χ1v) is 7.60. The van der Waals surface area contributed by atoms with Crippen molar-refractivity contribution < 1.29 is 9.53 Å². The Hall–Kier alpha value is -1.40. The molecule has 0 aliphatic carbocycles. The molecule has 0 saturated heterocycles. The Morgan fingerprint density at radius 3 is 2.71 bits per heavy atom. The highest BCUT2D eigenvalue weighted by Gasteiger charge is 2.05. The van der Waals surface area contributed by atoms with Crippen molar-refractivity contribution in [3.63, 3.8) is 0 Å². The van der Waals surface area contributed by atoms with E-state index < -0.39 is 0 Å². The van der Waals surface area contributed by atoms with E-state index in [4.69, 9.17) is 4.74 Å². The molecule has 0 aliphatic rings. The summed E-state index contributed by atoms with van der Waals surface area (Å²) in [5.41, 5.74) is 2.14. The van der Waals surface area contributed by atoms with Gasteiger partial charge in [-0.25, -0.2) is 0 Å². The van der Waals surface area contributed by atoms with Crippen molar-refractivity contribution in [1.29, 1.82) is 0 Å². The normalized spacial score (nSPS) is 9.88. The lowest BCUT2D eigenvalue weighted by atomic mass is 10.0. The first-order chi connectivity index (χ1) is 10.8. The molecule has 0 fully saturated rings. The predicted octanol–water partition coefficient (Wildman–Crippen LogP) is 2.36. The fraction of sp³-hybridized carbons (Fsp3) is 0.412. The Morgan fingerprint density at radius 2 is 1.92 bits per heavy atom. The van der Waals surface area contributed by atoms with Crippen LogP contribution >= 0.6 is 24.8 Å². The quantitative estimate of drug-likeness (QED) is 0.662. The number of benzene rings is 1. The lowest BCUT2D eigenvalue weighted by molar-refractivity contribution is -0.121. The summed E-state index contributed by atoms with van der Waals surface area (Å²) in [6.07, 6.45) is 3.02. The van der Waals surface area contributed by atoms with Gasteiger partial charge in [0.1, 0.15) is 0 Å².